The van der Waals surface area contributed by atoms with Crippen molar-refractivity contribution in [2.24, 2.45) is 0 Å². The molecule has 4 nitrogen and oxygen atoms in total. The molecule has 0 atom stereocenters. The predicted octanol–water partition coefficient (Wildman–Crippen LogP) is 1.14. The zero-order valence-electron chi connectivity index (χ0n) is 8.70. The molecule has 1 aromatic rings. The standard InChI is InChI=1S/C11H12N2O2/c1-8-3-4-10(15-2)9(5-8)6-11(14)13-7-12/h3-5H,6H2,1-2H3,(H,13,14). The molecule has 0 heterocycles. The normalized spacial score (nSPS) is 9.13. The van der Waals surface area contributed by atoms with Gasteiger partial charge >= 0.3 is 0 Å². The number of nitrogens with zero attached hydrogens (tertiary/aromatic N) is 1. The summed E-state index contributed by atoms with van der Waals surface area (Å²) in [4.78, 5) is 11.2. The summed E-state index contributed by atoms with van der Waals surface area (Å²) >= 11 is 0. The number of rotatable bonds is 3. The molecule has 0 fully saturated rings. The van der Waals surface area contributed by atoms with Gasteiger partial charge in [-0.3, -0.25) is 10.1 Å². The van der Waals surface area contributed by atoms with Gasteiger partial charge < -0.3 is 4.74 Å². The Morgan fingerprint density at radius 3 is 2.93 bits per heavy atom. The SMILES string of the molecule is COc1ccc(C)cc1CC(=O)NC#N. The maximum atomic E-state index is 11.2. The third-order valence-corrected chi connectivity index (χ3v) is 1.98. The third kappa shape index (κ3) is 2.99. The summed E-state index contributed by atoms with van der Waals surface area (Å²) in [5, 5.41) is 10.4. The second kappa shape index (κ2) is 5.01. The average molecular weight is 204 g/mol. The molecule has 0 radical (unpaired) electrons. The monoisotopic (exact) mass is 204 g/mol. The highest BCUT2D eigenvalue weighted by Gasteiger charge is 2.08. The highest BCUT2D eigenvalue weighted by molar-refractivity contribution is 5.80. The lowest BCUT2D eigenvalue weighted by atomic mass is 10.1. The Balaban J connectivity index is 2.88. The number of carbonyl (C=O) groups excluding carboxylic acids is 1. The molecule has 0 saturated heterocycles. The number of hydrogen-bond donors (Lipinski definition) is 1. The molecule has 0 aliphatic rings. The van der Waals surface area contributed by atoms with Gasteiger partial charge in [0.2, 0.25) is 5.91 Å². The van der Waals surface area contributed by atoms with Crippen molar-refractivity contribution in [2.45, 2.75) is 13.3 Å². The lowest BCUT2D eigenvalue weighted by Crippen LogP contribution is -2.19. The van der Waals surface area contributed by atoms with Crippen LogP contribution in [0.1, 0.15) is 11.1 Å². The summed E-state index contributed by atoms with van der Waals surface area (Å²) in [7, 11) is 1.55. The van der Waals surface area contributed by atoms with Gasteiger partial charge in [0.15, 0.2) is 6.19 Å². The fourth-order valence-electron chi connectivity index (χ4n) is 1.33. The van der Waals surface area contributed by atoms with E-state index in [-0.39, 0.29) is 12.3 Å². The topological polar surface area (TPSA) is 62.1 Å². The predicted molar refractivity (Wildman–Crippen MR) is 55.2 cm³/mol. The van der Waals surface area contributed by atoms with Gasteiger partial charge in [-0.1, -0.05) is 17.7 Å². The fraction of sp³-hybridized carbons (Fsp3) is 0.273. The zero-order chi connectivity index (χ0) is 11.3. The van der Waals surface area contributed by atoms with Crippen LogP contribution >= 0.6 is 0 Å². The van der Waals surface area contributed by atoms with Gasteiger partial charge in [0.25, 0.3) is 0 Å². The minimum atomic E-state index is -0.332. The van der Waals surface area contributed by atoms with E-state index >= 15 is 0 Å². The van der Waals surface area contributed by atoms with Crippen molar-refractivity contribution >= 4 is 5.91 Å². The highest BCUT2D eigenvalue weighted by atomic mass is 16.5. The molecule has 15 heavy (non-hydrogen) atoms. The van der Waals surface area contributed by atoms with E-state index in [9.17, 15) is 4.79 Å². The van der Waals surface area contributed by atoms with Crippen LogP contribution in [-0.2, 0) is 11.2 Å². The molecule has 0 aromatic heterocycles. The lowest BCUT2D eigenvalue weighted by molar-refractivity contribution is -0.119. The number of nitrogens with one attached hydrogen (secondary N) is 1. The Bertz CT molecular complexity index is 408. The number of nitriles is 1. The van der Waals surface area contributed by atoms with Crippen LogP contribution in [0, 0.1) is 18.4 Å². The van der Waals surface area contributed by atoms with Crippen LogP contribution in [0.3, 0.4) is 0 Å². The first kappa shape index (κ1) is 11.1. The smallest absolute Gasteiger partial charge is 0.237 e. The number of aryl methyl sites for hydroxylation is 1. The molecule has 0 unspecified atom stereocenters. The first-order chi connectivity index (χ1) is 7.17. The Kier molecular flexibility index (Phi) is 3.69. The summed E-state index contributed by atoms with van der Waals surface area (Å²) in [5.74, 6) is 0.329. The van der Waals surface area contributed by atoms with E-state index < -0.39 is 0 Å². The Labute approximate surface area is 88.5 Å². The average Bonchev–Trinajstić information content (AvgIpc) is 2.18. The van der Waals surface area contributed by atoms with Gasteiger partial charge in [0.1, 0.15) is 5.75 Å². The molecular formula is C11H12N2O2. The van der Waals surface area contributed by atoms with Crippen LogP contribution in [0.5, 0.6) is 5.75 Å². The highest BCUT2D eigenvalue weighted by Crippen LogP contribution is 2.19. The largest absolute Gasteiger partial charge is 0.496 e. The van der Waals surface area contributed by atoms with E-state index in [1.165, 1.54) is 0 Å². The van der Waals surface area contributed by atoms with E-state index in [0.717, 1.165) is 11.1 Å². The molecule has 4 heteroatoms. The minimum Gasteiger partial charge on any atom is -0.496 e. The van der Waals surface area contributed by atoms with Gasteiger partial charge in [0, 0.05) is 5.56 Å². The summed E-state index contributed by atoms with van der Waals surface area (Å²) in [6, 6.07) is 5.59. The maximum Gasteiger partial charge on any atom is 0.237 e. The Morgan fingerprint density at radius 1 is 1.60 bits per heavy atom. The van der Waals surface area contributed by atoms with Gasteiger partial charge in [-0.15, -0.1) is 0 Å². The first-order valence-corrected chi connectivity index (χ1v) is 4.49. The number of benzene rings is 1. The Hall–Kier alpha value is -2.02. The molecule has 0 aliphatic carbocycles. The number of hydrogen-bond acceptors (Lipinski definition) is 3. The molecule has 78 valence electrons. The van der Waals surface area contributed by atoms with Crippen molar-refractivity contribution in [3.63, 3.8) is 0 Å². The van der Waals surface area contributed by atoms with Crippen molar-refractivity contribution in [3.8, 4) is 11.9 Å². The molecule has 1 amide bonds. The third-order valence-electron chi connectivity index (χ3n) is 1.98. The van der Waals surface area contributed by atoms with Crippen molar-refractivity contribution in [3.05, 3.63) is 29.3 Å². The summed E-state index contributed by atoms with van der Waals surface area (Å²) < 4.78 is 5.12. The summed E-state index contributed by atoms with van der Waals surface area (Å²) in [6.07, 6.45) is 1.75. The number of methoxy groups -OCH3 is 1. The second-order valence-electron chi connectivity index (χ2n) is 3.15. The van der Waals surface area contributed by atoms with E-state index in [4.69, 9.17) is 10.00 Å². The Morgan fingerprint density at radius 2 is 2.33 bits per heavy atom. The number of amides is 1. The quantitative estimate of drug-likeness (QED) is 0.593. The van der Waals surface area contributed by atoms with E-state index in [1.807, 2.05) is 25.1 Å². The van der Waals surface area contributed by atoms with Gasteiger partial charge in [-0.05, 0) is 13.0 Å². The number of ether oxygens (including phenoxy) is 1. The summed E-state index contributed by atoms with van der Waals surface area (Å²) in [6.45, 7) is 1.94. The summed E-state index contributed by atoms with van der Waals surface area (Å²) in [5.41, 5.74) is 1.83. The van der Waals surface area contributed by atoms with Crippen molar-refractivity contribution < 1.29 is 9.53 Å². The van der Waals surface area contributed by atoms with Gasteiger partial charge in [0.05, 0.1) is 13.5 Å². The minimum absolute atomic E-state index is 0.151. The van der Waals surface area contributed by atoms with Crippen LogP contribution in [0.25, 0.3) is 0 Å². The molecular weight excluding hydrogens is 192 g/mol. The van der Waals surface area contributed by atoms with E-state index in [2.05, 4.69) is 5.32 Å². The lowest BCUT2D eigenvalue weighted by Gasteiger charge is -2.07. The molecule has 1 N–H and O–H groups in total. The van der Waals surface area contributed by atoms with Crippen LogP contribution in [0.4, 0.5) is 0 Å². The van der Waals surface area contributed by atoms with Gasteiger partial charge in [-0.2, -0.15) is 5.26 Å². The number of carbonyl (C=O) groups is 1. The first-order valence-electron chi connectivity index (χ1n) is 4.49. The van der Waals surface area contributed by atoms with Crippen LogP contribution < -0.4 is 10.1 Å². The van der Waals surface area contributed by atoms with Crippen molar-refractivity contribution in [1.29, 1.82) is 5.26 Å². The van der Waals surface area contributed by atoms with Crippen LogP contribution in [0.2, 0.25) is 0 Å². The molecule has 0 aliphatic heterocycles. The second-order valence-corrected chi connectivity index (χ2v) is 3.15. The van der Waals surface area contributed by atoms with Crippen LogP contribution in [0.15, 0.2) is 18.2 Å². The molecule has 0 spiro atoms. The van der Waals surface area contributed by atoms with Crippen LogP contribution in [-0.4, -0.2) is 13.0 Å². The maximum absolute atomic E-state index is 11.2. The van der Waals surface area contributed by atoms with Crippen molar-refractivity contribution in [1.82, 2.24) is 5.32 Å². The fourth-order valence-corrected chi connectivity index (χ4v) is 1.33. The molecule has 1 aromatic carbocycles. The molecule has 0 saturated carbocycles. The van der Waals surface area contributed by atoms with E-state index in [0.29, 0.717) is 5.75 Å². The molecule has 1 rings (SSSR count). The molecule has 0 bridgehead atoms. The van der Waals surface area contributed by atoms with Gasteiger partial charge in [-0.25, -0.2) is 0 Å². The van der Waals surface area contributed by atoms with Crippen molar-refractivity contribution in [2.75, 3.05) is 7.11 Å². The van der Waals surface area contributed by atoms with E-state index in [1.54, 1.807) is 13.3 Å². The zero-order valence-corrected chi connectivity index (χ0v) is 8.70.